The summed E-state index contributed by atoms with van der Waals surface area (Å²) in [7, 11) is 1.69. The fraction of sp³-hybridized carbons (Fsp3) is 0.500. The number of amides is 2. The third-order valence-corrected chi connectivity index (χ3v) is 5.91. The van der Waals surface area contributed by atoms with Crippen molar-refractivity contribution in [1.29, 1.82) is 0 Å². The molecule has 2 aromatic rings. The highest BCUT2D eigenvalue weighted by atomic mass is 32.1. The van der Waals surface area contributed by atoms with Crippen LogP contribution in [0.2, 0.25) is 0 Å². The molecule has 0 atom stereocenters. The van der Waals surface area contributed by atoms with Crippen molar-refractivity contribution >= 4 is 38.4 Å². The average Bonchev–Trinajstić information content (AvgIpc) is 2.97. The van der Waals surface area contributed by atoms with Crippen LogP contribution in [0.4, 0.5) is 9.80 Å². The van der Waals surface area contributed by atoms with Gasteiger partial charge in [-0.15, -0.1) is 11.3 Å². The summed E-state index contributed by atoms with van der Waals surface area (Å²) >= 11 is 1.32. The molecular formula is C18H22N2O4S. The quantitative estimate of drug-likeness (QED) is 0.843. The number of nitrogens with one attached hydrogen (secondary N) is 1. The Labute approximate surface area is 149 Å². The number of hydrogen-bond donors (Lipinski definition) is 1. The second-order valence-corrected chi connectivity index (χ2v) is 7.84. The Morgan fingerprint density at radius 2 is 1.92 bits per heavy atom. The summed E-state index contributed by atoms with van der Waals surface area (Å²) in [4.78, 5) is 37.3. The van der Waals surface area contributed by atoms with Gasteiger partial charge in [-0.05, 0) is 44.6 Å². The third-order valence-electron chi connectivity index (χ3n) is 4.77. The minimum atomic E-state index is -0.646. The minimum absolute atomic E-state index is 0.0318. The van der Waals surface area contributed by atoms with Crippen molar-refractivity contribution in [2.45, 2.75) is 45.6 Å². The van der Waals surface area contributed by atoms with Crippen molar-refractivity contribution in [3.8, 4) is 0 Å². The zero-order valence-corrected chi connectivity index (χ0v) is 15.4. The smallest absolute Gasteiger partial charge is 0.347 e. The molecule has 134 valence electrons. The van der Waals surface area contributed by atoms with Gasteiger partial charge in [-0.2, -0.15) is 0 Å². The number of carbonyl (C=O) groups is 2. The molecule has 0 bridgehead atoms. The van der Waals surface area contributed by atoms with Gasteiger partial charge < -0.3 is 9.73 Å². The molecule has 1 aliphatic carbocycles. The van der Waals surface area contributed by atoms with Crippen LogP contribution < -0.4 is 15.8 Å². The maximum Gasteiger partial charge on any atom is 0.347 e. The molecule has 1 saturated carbocycles. The number of thiophene rings is 1. The van der Waals surface area contributed by atoms with Crippen LogP contribution in [0.15, 0.2) is 21.3 Å². The van der Waals surface area contributed by atoms with Gasteiger partial charge in [-0.1, -0.05) is 6.92 Å². The van der Waals surface area contributed by atoms with Crippen LogP contribution >= 0.6 is 11.3 Å². The second kappa shape index (κ2) is 7.00. The molecule has 0 spiro atoms. The van der Waals surface area contributed by atoms with Gasteiger partial charge in [-0.25, -0.2) is 9.59 Å². The molecule has 25 heavy (non-hydrogen) atoms. The SMILES string of the molecule is CC(=O)c1cc2sc(N(C)C(=O)NC3CCC(C)CC3)cc2oc1=O. The summed E-state index contributed by atoms with van der Waals surface area (Å²) in [6.07, 6.45) is 4.28. The van der Waals surface area contributed by atoms with Crippen molar-refractivity contribution < 1.29 is 14.0 Å². The molecule has 2 aromatic heterocycles. The normalized spacial score (nSPS) is 20.4. The van der Waals surface area contributed by atoms with Crippen molar-refractivity contribution in [2.75, 3.05) is 11.9 Å². The lowest BCUT2D eigenvalue weighted by atomic mass is 9.87. The molecule has 1 N–H and O–H groups in total. The van der Waals surface area contributed by atoms with E-state index in [-0.39, 0.29) is 23.4 Å². The van der Waals surface area contributed by atoms with Gasteiger partial charge in [0.05, 0.1) is 4.70 Å². The van der Waals surface area contributed by atoms with E-state index in [1.807, 2.05) is 0 Å². The van der Waals surface area contributed by atoms with Gasteiger partial charge >= 0.3 is 11.7 Å². The van der Waals surface area contributed by atoms with Gasteiger partial charge in [0, 0.05) is 19.2 Å². The van der Waals surface area contributed by atoms with Crippen LogP contribution in [0.1, 0.15) is 49.9 Å². The maximum absolute atomic E-state index is 12.5. The fourth-order valence-electron chi connectivity index (χ4n) is 3.09. The zero-order valence-electron chi connectivity index (χ0n) is 14.6. The van der Waals surface area contributed by atoms with Crippen molar-refractivity contribution in [3.63, 3.8) is 0 Å². The lowest BCUT2D eigenvalue weighted by molar-refractivity contribution is 0.101. The van der Waals surface area contributed by atoms with E-state index in [9.17, 15) is 14.4 Å². The van der Waals surface area contributed by atoms with E-state index in [0.717, 1.165) is 31.6 Å². The van der Waals surface area contributed by atoms with E-state index in [0.29, 0.717) is 15.3 Å². The highest BCUT2D eigenvalue weighted by molar-refractivity contribution is 7.22. The summed E-state index contributed by atoms with van der Waals surface area (Å²) < 4.78 is 5.87. The largest absolute Gasteiger partial charge is 0.421 e. The van der Waals surface area contributed by atoms with Crippen LogP contribution in [0.25, 0.3) is 10.3 Å². The van der Waals surface area contributed by atoms with E-state index in [4.69, 9.17) is 4.42 Å². The molecule has 2 amide bonds. The number of fused-ring (bicyclic) bond motifs is 1. The maximum atomic E-state index is 12.5. The molecule has 7 heteroatoms. The first kappa shape index (κ1) is 17.7. The Bertz CT molecular complexity index is 862. The van der Waals surface area contributed by atoms with Gasteiger partial charge in [0.25, 0.3) is 0 Å². The van der Waals surface area contributed by atoms with Gasteiger partial charge in [0.15, 0.2) is 11.4 Å². The molecule has 0 unspecified atom stereocenters. The Balaban J connectivity index is 1.77. The number of ketones is 1. The predicted molar refractivity (Wildman–Crippen MR) is 98.7 cm³/mol. The Hall–Kier alpha value is -2.15. The van der Waals surface area contributed by atoms with Gasteiger partial charge in [0.2, 0.25) is 0 Å². The molecule has 1 aliphatic rings. The lowest BCUT2D eigenvalue weighted by Gasteiger charge is -2.28. The summed E-state index contributed by atoms with van der Waals surface area (Å²) in [5.74, 6) is 0.398. The number of anilines is 1. The first-order chi connectivity index (χ1) is 11.8. The Kier molecular flexibility index (Phi) is 4.94. The number of Topliss-reactive ketones (excluding diaryl/α,β-unsaturated/α-hetero) is 1. The van der Waals surface area contributed by atoms with Crippen LogP contribution in [-0.4, -0.2) is 24.9 Å². The van der Waals surface area contributed by atoms with Gasteiger partial charge in [0.1, 0.15) is 10.6 Å². The minimum Gasteiger partial charge on any atom is -0.421 e. The van der Waals surface area contributed by atoms with E-state index in [1.165, 1.54) is 29.2 Å². The molecular weight excluding hydrogens is 340 g/mol. The van der Waals surface area contributed by atoms with Crippen molar-refractivity contribution in [3.05, 3.63) is 28.1 Å². The standard InChI is InChI=1S/C18H22N2O4S/c1-10-4-6-12(7-5-10)19-18(23)20(3)16-9-14-15(25-16)8-13(11(2)21)17(22)24-14/h8-10,12H,4-7H2,1-3H3,(H,19,23). The Morgan fingerprint density at radius 1 is 1.24 bits per heavy atom. The zero-order chi connectivity index (χ0) is 18.1. The highest BCUT2D eigenvalue weighted by Gasteiger charge is 2.23. The molecule has 1 fully saturated rings. The predicted octanol–water partition coefficient (Wildman–Crippen LogP) is 3.78. The number of nitrogens with zero attached hydrogens (tertiary/aromatic N) is 1. The molecule has 0 aromatic carbocycles. The number of urea groups is 1. The molecule has 3 rings (SSSR count). The topological polar surface area (TPSA) is 79.6 Å². The average molecular weight is 362 g/mol. The highest BCUT2D eigenvalue weighted by Crippen LogP contribution is 2.32. The first-order valence-corrected chi connectivity index (χ1v) is 9.29. The molecule has 0 saturated heterocycles. The van der Waals surface area contributed by atoms with Crippen LogP contribution in [0.3, 0.4) is 0 Å². The molecule has 0 radical (unpaired) electrons. The number of rotatable bonds is 3. The van der Waals surface area contributed by atoms with Crippen LogP contribution in [0.5, 0.6) is 0 Å². The summed E-state index contributed by atoms with van der Waals surface area (Å²) in [5, 5.41) is 3.74. The molecule has 0 aliphatic heterocycles. The monoisotopic (exact) mass is 362 g/mol. The third kappa shape index (κ3) is 3.76. The fourth-order valence-corrected chi connectivity index (χ4v) is 4.08. The lowest BCUT2D eigenvalue weighted by Crippen LogP contribution is -2.44. The van der Waals surface area contributed by atoms with Crippen LogP contribution in [-0.2, 0) is 0 Å². The van der Waals surface area contributed by atoms with Gasteiger partial charge in [-0.3, -0.25) is 9.69 Å². The summed E-state index contributed by atoms with van der Waals surface area (Å²) in [6, 6.07) is 3.24. The van der Waals surface area contributed by atoms with Crippen LogP contribution in [0, 0.1) is 5.92 Å². The molecule has 6 nitrogen and oxygen atoms in total. The Morgan fingerprint density at radius 3 is 2.56 bits per heavy atom. The summed E-state index contributed by atoms with van der Waals surface area (Å²) in [5.41, 5.74) is -0.224. The van der Waals surface area contributed by atoms with E-state index in [2.05, 4.69) is 12.2 Å². The van der Waals surface area contributed by atoms with Crippen molar-refractivity contribution in [2.24, 2.45) is 5.92 Å². The second-order valence-electron chi connectivity index (χ2n) is 6.78. The van der Waals surface area contributed by atoms with E-state index in [1.54, 1.807) is 13.1 Å². The number of carbonyl (C=O) groups excluding carboxylic acids is 2. The summed E-state index contributed by atoms with van der Waals surface area (Å²) in [6.45, 7) is 3.57. The number of hydrogen-bond acceptors (Lipinski definition) is 5. The van der Waals surface area contributed by atoms with E-state index < -0.39 is 5.63 Å². The van der Waals surface area contributed by atoms with E-state index >= 15 is 0 Å². The first-order valence-electron chi connectivity index (χ1n) is 8.48. The molecule has 2 heterocycles. The van der Waals surface area contributed by atoms with Crippen molar-refractivity contribution in [1.82, 2.24) is 5.32 Å².